The first kappa shape index (κ1) is 26.6. The average Bonchev–Trinajstić information content (AvgIpc) is 3.50. The molecule has 0 fully saturated rings. The smallest absolute Gasteiger partial charge is 0.135 e. The van der Waals surface area contributed by atoms with Crippen LogP contribution in [0.15, 0.2) is 158 Å². The van der Waals surface area contributed by atoms with E-state index in [9.17, 15) is 0 Å². The molecule has 0 N–H and O–H groups in total. The van der Waals surface area contributed by atoms with Crippen LogP contribution in [0.5, 0.6) is 23.0 Å². The van der Waals surface area contributed by atoms with Gasteiger partial charge in [-0.2, -0.15) is 0 Å². The third-order valence-corrected chi connectivity index (χ3v) is 11.5. The molecular formula is C48H28O2. The van der Waals surface area contributed by atoms with Crippen LogP contribution in [0.25, 0.3) is 71.3 Å². The normalized spacial score (nSPS) is 17.2. The Morgan fingerprint density at radius 2 is 0.860 bits per heavy atom. The maximum atomic E-state index is 6.43. The molecule has 0 bridgehead atoms. The largest absolute Gasteiger partial charge is 0.456 e. The summed E-state index contributed by atoms with van der Waals surface area (Å²) in [6, 6.07) is 50.4. The summed E-state index contributed by atoms with van der Waals surface area (Å²) in [7, 11) is 0. The minimum absolute atomic E-state index is 0.271. The van der Waals surface area contributed by atoms with E-state index >= 15 is 0 Å². The third kappa shape index (κ3) is 3.42. The molecule has 2 aliphatic carbocycles. The van der Waals surface area contributed by atoms with E-state index in [0.29, 0.717) is 5.92 Å². The Bertz CT molecular complexity index is 2890. The van der Waals surface area contributed by atoms with Gasteiger partial charge in [0.25, 0.3) is 0 Å². The van der Waals surface area contributed by atoms with Crippen molar-refractivity contribution in [1.82, 2.24) is 0 Å². The lowest BCUT2D eigenvalue weighted by Gasteiger charge is -2.25. The van der Waals surface area contributed by atoms with E-state index in [1.165, 1.54) is 76.8 Å². The van der Waals surface area contributed by atoms with Gasteiger partial charge in [0.05, 0.1) is 0 Å². The highest BCUT2D eigenvalue weighted by atomic mass is 16.5. The predicted octanol–water partition coefficient (Wildman–Crippen LogP) is 13.2. The van der Waals surface area contributed by atoms with Crippen molar-refractivity contribution in [3.05, 3.63) is 174 Å². The molecule has 0 spiro atoms. The third-order valence-electron chi connectivity index (χ3n) is 11.5. The van der Waals surface area contributed by atoms with Crippen molar-refractivity contribution in [2.45, 2.75) is 11.8 Å². The lowest BCUT2D eigenvalue weighted by molar-refractivity contribution is 0.487. The van der Waals surface area contributed by atoms with Crippen LogP contribution in [0.1, 0.15) is 28.5 Å². The van der Waals surface area contributed by atoms with E-state index in [1.54, 1.807) is 0 Å². The Kier molecular flexibility index (Phi) is 5.11. The summed E-state index contributed by atoms with van der Waals surface area (Å²) in [6.07, 6.45) is 7.30. The van der Waals surface area contributed by atoms with Gasteiger partial charge < -0.3 is 9.47 Å². The van der Waals surface area contributed by atoms with Crippen molar-refractivity contribution in [1.29, 1.82) is 0 Å². The van der Waals surface area contributed by atoms with Crippen LogP contribution in [0.2, 0.25) is 0 Å². The standard InChI is InChI=1S/C48H28O2/c1-3-16-42-32(8-1)37-13-5-10-34-28(22-24-44(49-42)47(34)37)27-18-19-31-40-21-20-29(35-11-6-15-39(46(35)40)41(31)26-27)30-23-25-45-48-36(30)12-7-14-38(48)33-9-2-4-17-43(33)50-45/h1-26,31,41H. The number of para-hydroxylation sites is 2. The Morgan fingerprint density at radius 3 is 1.54 bits per heavy atom. The van der Waals surface area contributed by atoms with Gasteiger partial charge >= 0.3 is 0 Å². The van der Waals surface area contributed by atoms with Gasteiger partial charge in [-0.05, 0) is 90.3 Å². The summed E-state index contributed by atoms with van der Waals surface area (Å²) in [6.45, 7) is 0. The Hall–Kier alpha value is -6.38. The Labute approximate surface area is 289 Å². The van der Waals surface area contributed by atoms with Crippen molar-refractivity contribution in [2.75, 3.05) is 0 Å². The van der Waals surface area contributed by atoms with Crippen molar-refractivity contribution < 1.29 is 9.47 Å². The highest BCUT2D eigenvalue weighted by Gasteiger charge is 2.35. The summed E-state index contributed by atoms with van der Waals surface area (Å²) < 4.78 is 12.8. The second kappa shape index (κ2) is 9.62. The first-order valence-electron chi connectivity index (χ1n) is 17.4. The van der Waals surface area contributed by atoms with Crippen molar-refractivity contribution >= 4 is 37.9 Å². The zero-order chi connectivity index (χ0) is 32.5. The molecule has 4 aliphatic rings. The van der Waals surface area contributed by atoms with Crippen molar-refractivity contribution in [3.8, 4) is 56.4 Å². The van der Waals surface area contributed by atoms with E-state index in [4.69, 9.17) is 9.47 Å². The number of rotatable bonds is 2. The lowest BCUT2D eigenvalue weighted by atomic mass is 9.81. The number of ether oxygens (including phenoxy) is 2. The Balaban J connectivity index is 1.01. The van der Waals surface area contributed by atoms with Gasteiger partial charge in [-0.1, -0.05) is 133 Å². The number of benzene rings is 8. The fraction of sp³-hybridized carbons (Fsp3) is 0.0417. The van der Waals surface area contributed by atoms with E-state index in [0.717, 1.165) is 34.1 Å². The van der Waals surface area contributed by atoms with Gasteiger partial charge in [0, 0.05) is 33.7 Å². The minimum Gasteiger partial charge on any atom is -0.456 e. The fourth-order valence-corrected chi connectivity index (χ4v) is 9.34. The maximum absolute atomic E-state index is 6.43. The first-order valence-corrected chi connectivity index (χ1v) is 17.4. The monoisotopic (exact) mass is 636 g/mol. The highest BCUT2D eigenvalue weighted by molar-refractivity contribution is 6.14. The molecule has 2 heteroatoms. The quantitative estimate of drug-likeness (QED) is 0.188. The van der Waals surface area contributed by atoms with E-state index in [-0.39, 0.29) is 5.92 Å². The van der Waals surface area contributed by atoms with Gasteiger partial charge in [-0.25, -0.2) is 0 Å². The summed E-state index contributed by atoms with van der Waals surface area (Å²) in [5.41, 5.74) is 12.6. The molecule has 0 saturated carbocycles. The van der Waals surface area contributed by atoms with Crippen LogP contribution in [0, 0.1) is 0 Å². The molecule has 12 rings (SSSR count). The molecule has 0 aromatic heterocycles. The zero-order valence-corrected chi connectivity index (χ0v) is 27.0. The molecular weight excluding hydrogens is 609 g/mol. The molecule has 2 aliphatic heterocycles. The molecule has 2 nitrogen and oxygen atoms in total. The van der Waals surface area contributed by atoms with Crippen LogP contribution in [-0.2, 0) is 0 Å². The van der Waals surface area contributed by atoms with Crippen LogP contribution < -0.4 is 9.47 Å². The van der Waals surface area contributed by atoms with E-state index in [1.807, 2.05) is 12.1 Å². The molecule has 0 amide bonds. The Morgan fingerprint density at radius 1 is 0.340 bits per heavy atom. The predicted molar refractivity (Wildman–Crippen MR) is 204 cm³/mol. The molecule has 2 atom stereocenters. The summed E-state index contributed by atoms with van der Waals surface area (Å²) in [4.78, 5) is 0. The summed E-state index contributed by atoms with van der Waals surface area (Å²) in [5, 5.41) is 7.54. The number of fused-ring (bicyclic) bond motifs is 7. The second-order valence-corrected chi connectivity index (χ2v) is 13.9. The average molecular weight is 637 g/mol. The molecule has 2 heterocycles. The molecule has 232 valence electrons. The van der Waals surface area contributed by atoms with Crippen LogP contribution in [0.3, 0.4) is 0 Å². The number of allylic oxidation sites excluding steroid dienone is 4. The van der Waals surface area contributed by atoms with E-state index in [2.05, 4.69) is 146 Å². The van der Waals surface area contributed by atoms with Crippen LogP contribution in [-0.4, -0.2) is 0 Å². The van der Waals surface area contributed by atoms with Crippen molar-refractivity contribution in [3.63, 3.8) is 0 Å². The van der Waals surface area contributed by atoms with Gasteiger partial charge in [-0.3, -0.25) is 0 Å². The van der Waals surface area contributed by atoms with Crippen LogP contribution >= 0.6 is 0 Å². The first-order chi connectivity index (χ1) is 24.8. The van der Waals surface area contributed by atoms with Gasteiger partial charge in [0.15, 0.2) is 0 Å². The summed E-state index contributed by atoms with van der Waals surface area (Å²) in [5.74, 6) is 4.27. The number of hydrogen-bond acceptors (Lipinski definition) is 2. The van der Waals surface area contributed by atoms with Crippen molar-refractivity contribution in [2.24, 2.45) is 0 Å². The SMILES string of the molecule is C1=CC2c3ccc(-c4ccc5c6c(cccc46)-c4ccccc4O5)c4cccc(c34)C2C=C1c1ccc2c3c(cccc13)-c1ccccc1O2. The van der Waals surface area contributed by atoms with E-state index < -0.39 is 0 Å². The molecule has 2 unspecified atom stereocenters. The number of hydrogen-bond donors (Lipinski definition) is 0. The maximum Gasteiger partial charge on any atom is 0.135 e. The molecule has 8 aromatic rings. The second-order valence-electron chi connectivity index (χ2n) is 13.9. The van der Waals surface area contributed by atoms with Crippen LogP contribution in [0.4, 0.5) is 0 Å². The highest BCUT2D eigenvalue weighted by Crippen LogP contribution is 2.55. The fourth-order valence-electron chi connectivity index (χ4n) is 9.34. The topological polar surface area (TPSA) is 18.5 Å². The van der Waals surface area contributed by atoms with Gasteiger partial charge in [0.2, 0.25) is 0 Å². The lowest BCUT2D eigenvalue weighted by Crippen LogP contribution is -2.05. The molecule has 0 radical (unpaired) electrons. The molecule has 50 heavy (non-hydrogen) atoms. The summed E-state index contributed by atoms with van der Waals surface area (Å²) >= 11 is 0. The van der Waals surface area contributed by atoms with Gasteiger partial charge in [-0.15, -0.1) is 0 Å². The molecule has 0 saturated heterocycles. The molecule has 8 aromatic carbocycles. The van der Waals surface area contributed by atoms with Gasteiger partial charge in [0.1, 0.15) is 23.0 Å². The minimum atomic E-state index is 0.271. The zero-order valence-electron chi connectivity index (χ0n) is 27.0.